The highest BCUT2D eigenvalue weighted by Crippen LogP contribution is 2.36. The molecule has 0 aliphatic carbocycles. The Balaban J connectivity index is 4.22. The van der Waals surface area contributed by atoms with Crippen molar-refractivity contribution in [1.82, 2.24) is 0 Å². The molecule has 0 heterocycles. The van der Waals surface area contributed by atoms with Gasteiger partial charge in [-0.1, -0.05) is 40.7 Å². The van der Waals surface area contributed by atoms with Crippen LogP contribution in [0.3, 0.4) is 0 Å². The molecule has 0 spiro atoms. The molecule has 1 atom stereocenters. The lowest BCUT2D eigenvalue weighted by Crippen LogP contribution is -2.41. The zero-order valence-corrected chi connectivity index (χ0v) is 13.6. The van der Waals surface area contributed by atoms with E-state index in [0.717, 1.165) is 0 Å². The topological polar surface area (TPSA) is 29.5 Å². The van der Waals surface area contributed by atoms with Gasteiger partial charge < -0.3 is 9.53 Å². The van der Waals surface area contributed by atoms with Gasteiger partial charge in [0.1, 0.15) is 0 Å². The lowest BCUT2D eigenvalue weighted by atomic mass is 9.85. The van der Waals surface area contributed by atoms with Crippen LogP contribution < -0.4 is 0 Å². The zero-order chi connectivity index (χ0) is 13.9. The van der Waals surface area contributed by atoms with E-state index in [0.29, 0.717) is 13.0 Å². The summed E-state index contributed by atoms with van der Waals surface area (Å²) < 4.78 is 6.05. The van der Waals surface area contributed by atoms with Gasteiger partial charge in [0, 0.05) is 12.0 Å². The second-order valence-corrected chi connectivity index (χ2v) is 11.7. The molecular weight excluding hydrogens is 228 g/mol. The van der Waals surface area contributed by atoms with E-state index in [1.807, 2.05) is 19.9 Å². The first-order chi connectivity index (χ1) is 7.44. The highest BCUT2D eigenvalue weighted by atomic mass is 28.4. The van der Waals surface area contributed by atoms with Gasteiger partial charge in [-0.2, -0.15) is 0 Å². The molecule has 17 heavy (non-hydrogen) atoms. The molecule has 102 valence electrons. The van der Waals surface area contributed by atoms with E-state index in [1.165, 1.54) is 0 Å². The highest BCUT2D eigenvalue weighted by Gasteiger charge is 2.37. The highest BCUT2D eigenvalue weighted by molar-refractivity contribution is 6.74. The summed E-state index contributed by atoms with van der Waals surface area (Å²) in [6.45, 7) is 19.5. The van der Waals surface area contributed by atoms with Crippen molar-refractivity contribution >= 4 is 8.32 Å². The predicted molar refractivity (Wildman–Crippen MR) is 77.8 cm³/mol. The van der Waals surface area contributed by atoms with Gasteiger partial charge in [0.2, 0.25) is 0 Å². The van der Waals surface area contributed by atoms with Gasteiger partial charge in [-0.15, -0.1) is 6.58 Å². The molecule has 0 saturated heterocycles. The van der Waals surface area contributed by atoms with E-state index < -0.39 is 8.32 Å². The first kappa shape index (κ1) is 16.9. The zero-order valence-electron chi connectivity index (χ0n) is 12.6. The maximum Gasteiger partial charge on any atom is 0.191 e. The maximum atomic E-state index is 10.0. The minimum absolute atomic E-state index is 0.228. The summed E-state index contributed by atoms with van der Waals surface area (Å²) in [6.07, 6.45) is 2.10. The van der Waals surface area contributed by atoms with Crippen molar-refractivity contribution in [2.45, 2.75) is 65.3 Å². The summed E-state index contributed by atoms with van der Waals surface area (Å²) in [7, 11) is -1.68. The van der Waals surface area contributed by atoms with Crippen molar-refractivity contribution in [3.63, 3.8) is 0 Å². The summed E-state index contributed by atoms with van der Waals surface area (Å²) in [5, 5.41) is 10.3. The van der Waals surface area contributed by atoms with Crippen LogP contribution in [0.15, 0.2) is 12.7 Å². The van der Waals surface area contributed by atoms with Crippen LogP contribution in [0, 0.1) is 5.41 Å². The normalized spacial score (nSPS) is 15.8. The van der Waals surface area contributed by atoms with E-state index in [-0.39, 0.29) is 16.6 Å². The SMILES string of the molecule is C=CC(C)(C)C(O)CCO[Si](C)(C)C(C)(C)C. The first-order valence-electron chi connectivity index (χ1n) is 6.39. The Labute approximate surface area is 108 Å². The maximum absolute atomic E-state index is 10.0. The second-order valence-electron chi connectivity index (χ2n) is 6.94. The standard InChI is InChI=1S/C14H30O2Si/c1-9-14(5,6)12(15)10-11-16-17(7,8)13(2,3)4/h9,12,15H,1,10-11H2,2-8H3. The molecule has 0 aromatic rings. The Bertz CT molecular complexity index is 251. The summed E-state index contributed by atoms with van der Waals surface area (Å²) in [5.41, 5.74) is -0.239. The van der Waals surface area contributed by atoms with E-state index in [1.54, 1.807) is 0 Å². The molecule has 0 aliphatic heterocycles. The third kappa shape index (κ3) is 4.94. The molecule has 0 bridgehead atoms. The molecule has 0 saturated carbocycles. The summed E-state index contributed by atoms with van der Waals surface area (Å²) in [6, 6.07) is 0. The van der Waals surface area contributed by atoms with Gasteiger partial charge in [-0.3, -0.25) is 0 Å². The Kier molecular flexibility index (Phi) is 5.64. The fraction of sp³-hybridized carbons (Fsp3) is 0.857. The average Bonchev–Trinajstić information content (AvgIpc) is 2.15. The third-order valence-corrected chi connectivity index (χ3v) is 8.58. The molecule has 3 heteroatoms. The van der Waals surface area contributed by atoms with Crippen molar-refractivity contribution < 1.29 is 9.53 Å². The average molecular weight is 258 g/mol. The quantitative estimate of drug-likeness (QED) is 0.577. The van der Waals surface area contributed by atoms with E-state index >= 15 is 0 Å². The van der Waals surface area contributed by atoms with Crippen molar-refractivity contribution in [3.8, 4) is 0 Å². The Morgan fingerprint density at radius 2 is 1.71 bits per heavy atom. The minimum Gasteiger partial charge on any atom is -0.417 e. The number of aliphatic hydroxyl groups is 1. The largest absolute Gasteiger partial charge is 0.417 e. The molecule has 1 unspecified atom stereocenters. The number of hydrogen-bond donors (Lipinski definition) is 1. The first-order valence-corrected chi connectivity index (χ1v) is 9.30. The van der Waals surface area contributed by atoms with Gasteiger partial charge in [0.05, 0.1) is 6.10 Å². The Morgan fingerprint density at radius 3 is 2.06 bits per heavy atom. The van der Waals surface area contributed by atoms with Crippen molar-refractivity contribution in [1.29, 1.82) is 0 Å². The Morgan fingerprint density at radius 1 is 1.24 bits per heavy atom. The molecular formula is C14H30O2Si. The van der Waals surface area contributed by atoms with Gasteiger partial charge in [0.25, 0.3) is 0 Å². The molecule has 1 N–H and O–H groups in total. The molecule has 2 nitrogen and oxygen atoms in total. The van der Waals surface area contributed by atoms with Crippen molar-refractivity contribution in [3.05, 3.63) is 12.7 Å². The second kappa shape index (κ2) is 5.68. The number of rotatable bonds is 6. The molecule has 0 amide bonds. The molecule has 0 fully saturated rings. The smallest absolute Gasteiger partial charge is 0.191 e. The molecule has 0 radical (unpaired) electrons. The van der Waals surface area contributed by atoms with E-state index in [9.17, 15) is 5.11 Å². The lowest BCUT2D eigenvalue weighted by molar-refractivity contribution is 0.0584. The van der Waals surface area contributed by atoms with Crippen LogP contribution in [-0.2, 0) is 4.43 Å². The number of hydrogen-bond acceptors (Lipinski definition) is 2. The fourth-order valence-electron chi connectivity index (χ4n) is 1.15. The van der Waals surface area contributed by atoms with Crippen LogP contribution in [0.5, 0.6) is 0 Å². The van der Waals surface area contributed by atoms with Crippen LogP contribution in [0.4, 0.5) is 0 Å². The van der Waals surface area contributed by atoms with E-state index in [4.69, 9.17) is 4.43 Å². The van der Waals surface area contributed by atoms with E-state index in [2.05, 4.69) is 40.4 Å². The van der Waals surface area contributed by atoms with Gasteiger partial charge in [-0.05, 0) is 24.6 Å². The molecule has 0 rings (SSSR count). The van der Waals surface area contributed by atoms with Gasteiger partial charge >= 0.3 is 0 Å². The Hall–Kier alpha value is -0.123. The minimum atomic E-state index is -1.68. The van der Waals surface area contributed by atoms with Crippen LogP contribution in [-0.4, -0.2) is 26.1 Å². The monoisotopic (exact) mass is 258 g/mol. The lowest BCUT2D eigenvalue weighted by Gasteiger charge is -2.37. The van der Waals surface area contributed by atoms with Crippen LogP contribution in [0.25, 0.3) is 0 Å². The molecule has 0 aliphatic rings. The summed E-state index contributed by atoms with van der Waals surface area (Å²) in [5.74, 6) is 0. The van der Waals surface area contributed by atoms with Gasteiger partial charge in [-0.25, -0.2) is 0 Å². The number of aliphatic hydroxyl groups excluding tert-OH is 1. The third-order valence-electron chi connectivity index (χ3n) is 4.05. The van der Waals surface area contributed by atoms with Crippen LogP contribution >= 0.6 is 0 Å². The summed E-state index contributed by atoms with van der Waals surface area (Å²) >= 11 is 0. The fourth-order valence-corrected chi connectivity index (χ4v) is 2.21. The molecule has 0 aromatic heterocycles. The molecule has 0 aromatic carbocycles. The van der Waals surface area contributed by atoms with Crippen LogP contribution in [0.1, 0.15) is 41.0 Å². The van der Waals surface area contributed by atoms with Gasteiger partial charge in [0.15, 0.2) is 8.32 Å². The predicted octanol–water partition coefficient (Wildman–Crippen LogP) is 3.97. The van der Waals surface area contributed by atoms with Crippen molar-refractivity contribution in [2.24, 2.45) is 5.41 Å². The summed E-state index contributed by atoms with van der Waals surface area (Å²) in [4.78, 5) is 0. The van der Waals surface area contributed by atoms with Crippen molar-refractivity contribution in [2.75, 3.05) is 6.61 Å². The van der Waals surface area contributed by atoms with Crippen LogP contribution in [0.2, 0.25) is 18.1 Å².